The summed E-state index contributed by atoms with van der Waals surface area (Å²) in [4.78, 5) is 0. The van der Waals surface area contributed by atoms with Crippen molar-refractivity contribution in [3.63, 3.8) is 0 Å². The third kappa shape index (κ3) is 6.33. The van der Waals surface area contributed by atoms with Crippen LogP contribution in [-0.4, -0.2) is 19.7 Å². The fraction of sp³-hybridized carbons (Fsp3) is 0.400. The number of anilines is 1. The predicted molar refractivity (Wildman–Crippen MR) is 98.0 cm³/mol. The van der Waals surface area contributed by atoms with E-state index in [1.165, 1.54) is 11.1 Å². The van der Waals surface area contributed by atoms with Crippen LogP contribution in [0.2, 0.25) is 0 Å². The highest BCUT2D eigenvalue weighted by Crippen LogP contribution is 2.23. The monoisotopic (exact) mass is 312 g/mol. The van der Waals surface area contributed by atoms with Crippen molar-refractivity contribution in [2.75, 3.05) is 25.4 Å². The van der Waals surface area contributed by atoms with Crippen LogP contribution < -0.4 is 15.8 Å². The third-order valence-electron chi connectivity index (χ3n) is 3.79. The van der Waals surface area contributed by atoms with E-state index in [1.54, 1.807) is 0 Å². The Morgan fingerprint density at radius 3 is 2.52 bits per heavy atom. The second kappa shape index (κ2) is 9.90. The first kappa shape index (κ1) is 17.4. The minimum Gasteiger partial charge on any atom is -0.491 e. The average molecular weight is 312 g/mol. The Morgan fingerprint density at radius 2 is 1.78 bits per heavy atom. The summed E-state index contributed by atoms with van der Waals surface area (Å²) in [7, 11) is 0. The molecule has 0 saturated heterocycles. The maximum Gasteiger partial charge on any atom is 0.142 e. The fourth-order valence-corrected chi connectivity index (χ4v) is 2.52. The van der Waals surface area contributed by atoms with E-state index >= 15 is 0 Å². The van der Waals surface area contributed by atoms with Gasteiger partial charge in [-0.1, -0.05) is 43.3 Å². The van der Waals surface area contributed by atoms with E-state index in [1.807, 2.05) is 12.1 Å². The summed E-state index contributed by atoms with van der Waals surface area (Å²) in [5.41, 5.74) is 9.44. The standard InChI is InChI=1S/C20H28N2O/c1-2-15-23-20-11-10-18(16-19(20)21)9-6-13-22-14-12-17-7-4-3-5-8-17/h3-5,7-8,10-11,16,22H,2,6,9,12-15,21H2,1H3. The Kier molecular flexibility index (Phi) is 7.47. The summed E-state index contributed by atoms with van der Waals surface area (Å²) in [6.45, 7) is 4.86. The van der Waals surface area contributed by atoms with Gasteiger partial charge in [0.05, 0.1) is 12.3 Å². The topological polar surface area (TPSA) is 47.3 Å². The summed E-state index contributed by atoms with van der Waals surface area (Å²) >= 11 is 0. The summed E-state index contributed by atoms with van der Waals surface area (Å²) in [6, 6.07) is 16.7. The smallest absolute Gasteiger partial charge is 0.142 e. The van der Waals surface area contributed by atoms with Crippen LogP contribution in [0.25, 0.3) is 0 Å². The molecule has 0 radical (unpaired) electrons. The van der Waals surface area contributed by atoms with Crippen LogP contribution in [0.5, 0.6) is 5.75 Å². The lowest BCUT2D eigenvalue weighted by molar-refractivity contribution is 0.319. The van der Waals surface area contributed by atoms with E-state index in [0.29, 0.717) is 0 Å². The SMILES string of the molecule is CCCOc1ccc(CCCNCCc2ccccc2)cc1N. The molecule has 3 heteroatoms. The Balaban J connectivity index is 1.63. The van der Waals surface area contributed by atoms with E-state index in [0.717, 1.165) is 56.8 Å². The summed E-state index contributed by atoms with van der Waals surface area (Å²) in [5.74, 6) is 0.802. The largest absolute Gasteiger partial charge is 0.491 e. The van der Waals surface area contributed by atoms with Crippen LogP contribution in [-0.2, 0) is 12.8 Å². The molecule has 0 amide bonds. The van der Waals surface area contributed by atoms with Gasteiger partial charge >= 0.3 is 0 Å². The highest BCUT2D eigenvalue weighted by atomic mass is 16.5. The molecular weight excluding hydrogens is 284 g/mol. The van der Waals surface area contributed by atoms with Crippen molar-refractivity contribution in [3.05, 3.63) is 59.7 Å². The number of hydrogen-bond donors (Lipinski definition) is 2. The molecule has 23 heavy (non-hydrogen) atoms. The number of nitrogen functional groups attached to an aromatic ring is 1. The van der Waals surface area contributed by atoms with Gasteiger partial charge < -0.3 is 15.8 Å². The molecule has 0 aliphatic rings. The third-order valence-corrected chi connectivity index (χ3v) is 3.79. The molecule has 0 aromatic heterocycles. The van der Waals surface area contributed by atoms with Gasteiger partial charge in [-0.05, 0) is 62.0 Å². The quantitative estimate of drug-likeness (QED) is 0.518. The van der Waals surface area contributed by atoms with Crippen LogP contribution in [0, 0.1) is 0 Å². The van der Waals surface area contributed by atoms with Gasteiger partial charge in [0.1, 0.15) is 5.75 Å². The number of nitrogens with two attached hydrogens (primary N) is 1. The van der Waals surface area contributed by atoms with Gasteiger partial charge in [0.25, 0.3) is 0 Å². The predicted octanol–water partition coefficient (Wildman–Crippen LogP) is 3.82. The molecule has 0 bridgehead atoms. The molecule has 0 heterocycles. The Morgan fingerprint density at radius 1 is 0.957 bits per heavy atom. The highest BCUT2D eigenvalue weighted by molar-refractivity contribution is 5.54. The van der Waals surface area contributed by atoms with Gasteiger partial charge in [0, 0.05) is 0 Å². The van der Waals surface area contributed by atoms with Crippen LogP contribution in [0.3, 0.4) is 0 Å². The zero-order valence-corrected chi connectivity index (χ0v) is 14.1. The van der Waals surface area contributed by atoms with E-state index in [4.69, 9.17) is 10.5 Å². The fourth-order valence-electron chi connectivity index (χ4n) is 2.52. The zero-order chi connectivity index (χ0) is 16.3. The van der Waals surface area contributed by atoms with Crippen molar-refractivity contribution in [1.29, 1.82) is 0 Å². The van der Waals surface area contributed by atoms with Crippen molar-refractivity contribution in [2.45, 2.75) is 32.6 Å². The lowest BCUT2D eigenvalue weighted by atomic mass is 10.1. The lowest BCUT2D eigenvalue weighted by Crippen LogP contribution is -2.19. The number of nitrogens with one attached hydrogen (secondary N) is 1. The lowest BCUT2D eigenvalue weighted by Gasteiger charge is -2.10. The molecule has 3 N–H and O–H groups in total. The van der Waals surface area contributed by atoms with Gasteiger partial charge in [0.15, 0.2) is 0 Å². The van der Waals surface area contributed by atoms with Crippen molar-refractivity contribution in [1.82, 2.24) is 5.32 Å². The second-order valence-corrected chi connectivity index (χ2v) is 5.81. The molecule has 0 saturated carbocycles. The van der Waals surface area contributed by atoms with E-state index in [9.17, 15) is 0 Å². The molecule has 0 aliphatic carbocycles. The molecule has 124 valence electrons. The molecule has 0 aliphatic heterocycles. The summed E-state index contributed by atoms with van der Waals surface area (Å²) in [5, 5.41) is 3.50. The van der Waals surface area contributed by atoms with E-state index < -0.39 is 0 Å². The molecule has 0 atom stereocenters. The van der Waals surface area contributed by atoms with Crippen molar-refractivity contribution in [2.24, 2.45) is 0 Å². The first-order valence-electron chi connectivity index (χ1n) is 8.55. The van der Waals surface area contributed by atoms with Crippen molar-refractivity contribution < 1.29 is 4.74 Å². The molecule has 0 unspecified atom stereocenters. The highest BCUT2D eigenvalue weighted by Gasteiger charge is 2.02. The Bertz CT molecular complexity index is 569. The molecule has 2 rings (SSSR count). The van der Waals surface area contributed by atoms with Crippen molar-refractivity contribution in [3.8, 4) is 5.75 Å². The van der Waals surface area contributed by atoms with Gasteiger partial charge in [-0.2, -0.15) is 0 Å². The molecule has 0 spiro atoms. The maximum atomic E-state index is 6.04. The minimum absolute atomic E-state index is 0.717. The van der Waals surface area contributed by atoms with Crippen LogP contribution >= 0.6 is 0 Å². The van der Waals surface area contributed by atoms with Gasteiger partial charge in [-0.25, -0.2) is 0 Å². The van der Waals surface area contributed by atoms with Gasteiger partial charge in [-0.15, -0.1) is 0 Å². The molecule has 2 aromatic rings. The van der Waals surface area contributed by atoms with Gasteiger partial charge in [0.2, 0.25) is 0 Å². The minimum atomic E-state index is 0.717. The Hall–Kier alpha value is -2.00. The van der Waals surface area contributed by atoms with Crippen LogP contribution in [0.1, 0.15) is 30.9 Å². The first-order valence-corrected chi connectivity index (χ1v) is 8.55. The summed E-state index contributed by atoms with van der Waals surface area (Å²) in [6.07, 6.45) is 4.23. The van der Waals surface area contributed by atoms with Crippen LogP contribution in [0.4, 0.5) is 5.69 Å². The second-order valence-electron chi connectivity index (χ2n) is 5.81. The number of ether oxygens (including phenoxy) is 1. The maximum absolute atomic E-state index is 6.04. The number of aryl methyl sites for hydroxylation is 1. The zero-order valence-electron chi connectivity index (χ0n) is 14.1. The van der Waals surface area contributed by atoms with Gasteiger partial charge in [-0.3, -0.25) is 0 Å². The Labute approximate surface area is 139 Å². The number of hydrogen-bond acceptors (Lipinski definition) is 3. The molecule has 0 fully saturated rings. The van der Waals surface area contributed by atoms with Crippen LogP contribution in [0.15, 0.2) is 48.5 Å². The number of rotatable bonds is 10. The molecule has 3 nitrogen and oxygen atoms in total. The average Bonchev–Trinajstić information content (AvgIpc) is 2.58. The first-order chi connectivity index (χ1) is 11.3. The molecule has 2 aromatic carbocycles. The van der Waals surface area contributed by atoms with Crippen molar-refractivity contribution >= 4 is 5.69 Å². The molecular formula is C20H28N2O. The number of benzene rings is 2. The van der Waals surface area contributed by atoms with E-state index in [2.05, 4.69) is 48.6 Å². The van der Waals surface area contributed by atoms with E-state index in [-0.39, 0.29) is 0 Å². The summed E-state index contributed by atoms with van der Waals surface area (Å²) < 4.78 is 5.60. The normalized spacial score (nSPS) is 10.7.